The van der Waals surface area contributed by atoms with Gasteiger partial charge < -0.3 is 5.73 Å². The van der Waals surface area contributed by atoms with Gasteiger partial charge in [-0.25, -0.2) is 0 Å². The van der Waals surface area contributed by atoms with Crippen LogP contribution in [0, 0.1) is 0 Å². The lowest BCUT2D eigenvalue weighted by molar-refractivity contribution is 0.564. The lowest BCUT2D eigenvalue weighted by atomic mass is 9.84. The molecule has 0 spiro atoms. The Balaban J connectivity index is 2.58. The van der Waals surface area contributed by atoms with Crippen LogP contribution in [-0.4, -0.2) is 0 Å². The summed E-state index contributed by atoms with van der Waals surface area (Å²) in [6, 6.07) is 4.62. The quantitative estimate of drug-likeness (QED) is 0.817. The van der Waals surface area contributed by atoms with Crippen molar-refractivity contribution in [1.82, 2.24) is 0 Å². The zero-order valence-corrected chi connectivity index (χ0v) is 10.1. The summed E-state index contributed by atoms with van der Waals surface area (Å²) in [5.74, 6) is 0. The van der Waals surface area contributed by atoms with Crippen molar-refractivity contribution in [3.63, 3.8) is 0 Å². The molecule has 1 aliphatic rings. The fourth-order valence-corrected chi connectivity index (χ4v) is 2.90. The third-order valence-corrected chi connectivity index (χ3v) is 3.83. The minimum Gasteiger partial charge on any atom is -0.324 e. The van der Waals surface area contributed by atoms with Gasteiger partial charge in [0, 0.05) is 10.5 Å². The number of benzene rings is 1. The summed E-state index contributed by atoms with van der Waals surface area (Å²) >= 11 is 3.62. The Bertz CT molecular complexity index is 346. The monoisotopic (exact) mass is 253 g/mol. The largest absolute Gasteiger partial charge is 0.324 e. The van der Waals surface area contributed by atoms with Crippen LogP contribution in [-0.2, 0) is 12.8 Å². The Morgan fingerprint density at radius 2 is 2.29 bits per heavy atom. The minimum atomic E-state index is 0.256. The average Bonchev–Trinajstić information content (AvgIpc) is 2.20. The maximum absolute atomic E-state index is 6.17. The van der Waals surface area contributed by atoms with Gasteiger partial charge in [-0.1, -0.05) is 28.9 Å². The van der Waals surface area contributed by atoms with Crippen LogP contribution in [0.3, 0.4) is 0 Å². The molecule has 2 heteroatoms. The van der Waals surface area contributed by atoms with Gasteiger partial charge in [0.1, 0.15) is 0 Å². The van der Waals surface area contributed by atoms with Crippen molar-refractivity contribution >= 4 is 15.9 Å². The van der Waals surface area contributed by atoms with Crippen LogP contribution in [0.5, 0.6) is 0 Å². The number of hydrogen-bond donors (Lipinski definition) is 1. The Morgan fingerprint density at radius 1 is 1.50 bits per heavy atom. The number of nitrogens with two attached hydrogens (primary N) is 1. The van der Waals surface area contributed by atoms with Crippen molar-refractivity contribution in [2.45, 2.75) is 38.6 Å². The van der Waals surface area contributed by atoms with Crippen molar-refractivity contribution in [1.29, 1.82) is 0 Å². The molecule has 1 aliphatic carbocycles. The average molecular weight is 254 g/mol. The molecule has 76 valence electrons. The van der Waals surface area contributed by atoms with Gasteiger partial charge in [0.15, 0.2) is 0 Å². The van der Waals surface area contributed by atoms with Gasteiger partial charge in [-0.2, -0.15) is 0 Å². The van der Waals surface area contributed by atoms with Crippen LogP contribution in [0.15, 0.2) is 16.6 Å². The molecule has 0 radical (unpaired) electrons. The van der Waals surface area contributed by atoms with Crippen LogP contribution >= 0.6 is 15.9 Å². The number of aryl methyl sites for hydroxylation is 1. The lowest BCUT2D eigenvalue weighted by Crippen LogP contribution is -2.19. The molecule has 0 heterocycles. The topological polar surface area (TPSA) is 26.0 Å². The van der Waals surface area contributed by atoms with Crippen molar-refractivity contribution in [3.8, 4) is 0 Å². The SMILES string of the molecule is CCc1ccc(Br)c2c1C(N)CCC2. The maximum Gasteiger partial charge on any atom is 0.0300 e. The first kappa shape index (κ1) is 10.2. The van der Waals surface area contributed by atoms with E-state index >= 15 is 0 Å². The number of halogens is 1. The molecule has 14 heavy (non-hydrogen) atoms. The Labute approximate surface area is 93.8 Å². The molecule has 1 atom stereocenters. The van der Waals surface area contributed by atoms with Crippen molar-refractivity contribution in [3.05, 3.63) is 33.3 Å². The van der Waals surface area contributed by atoms with Crippen molar-refractivity contribution in [2.24, 2.45) is 5.73 Å². The van der Waals surface area contributed by atoms with E-state index in [1.807, 2.05) is 0 Å². The van der Waals surface area contributed by atoms with E-state index < -0.39 is 0 Å². The first-order chi connectivity index (χ1) is 6.74. The Morgan fingerprint density at radius 3 is 3.00 bits per heavy atom. The molecule has 1 unspecified atom stereocenters. The van der Waals surface area contributed by atoms with E-state index in [1.54, 1.807) is 0 Å². The Hall–Kier alpha value is -0.340. The van der Waals surface area contributed by atoms with Crippen LogP contribution in [0.2, 0.25) is 0 Å². The second-order valence-corrected chi connectivity index (χ2v) is 4.81. The normalized spacial score (nSPS) is 20.6. The zero-order valence-electron chi connectivity index (χ0n) is 8.52. The van der Waals surface area contributed by atoms with Gasteiger partial charge in [-0.05, 0) is 48.4 Å². The van der Waals surface area contributed by atoms with Crippen molar-refractivity contribution in [2.75, 3.05) is 0 Å². The predicted octanol–water partition coefficient (Wildman–Crippen LogP) is 3.35. The molecule has 2 N–H and O–H groups in total. The van der Waals surface area contributed by atoms with Crippen molar-refractivity contribution < 1.29 is 0 Å². The first-order valence-corrected chi connectivity index (χ1v) is 6.09. The first-order valence-electron chi connectivity index (χ1n) is 5.29. The second kappa shape index (κ2) is 4.03. The highest BCUT2D eigenvalue weighted by molar-refractivity contribution is 9.10. The fourth-order valence-electron chi connectivity index (χ4n) is 2.35. The van der Waals surface area contributed by atoms with E-state index in [0.29, 0.717) is 0 Å². The summed E-state index contributed by atoms with van der Waals surface area (Å²) in [6.45, 7) is 2.20. The molecular formula is C12H16BrN. The number of fused-ring (bicyclic) bond motifs is 1. The Kier molecular flexibility index (Phi) is 2.93. The van der Waals surface area contributed by atoms with E-state index in [0.717, 1.165) is 12.8 Å². The summed E-state index contributed by atoms with van der Waals surface area (Å²) < 4.78 is 1.24. The van der Waals surface area contributed by atoms with Gasteiger partial charge in [-0.3, -0.25) is 0 Å². The van der Waals surface area contributed by atoms with E-state index in [1.165, 1.54) is 34.0 Å². The molecular weight excluding hydrogens is 238 g/mol. The lowest BCUT2D eigenvalue weighted by Gasteiger charge is -2.26. The molecule has 1 aromatic rings. The van der Waals surface area contributed by atoms with E-state index in [4.69, 9.17) is 5.73 Å². The van der Waals surface area contributed by atoms with Crippen LogP contribution in [0.25, 0.3) is 0 Å². The van der Waals surface area contributed by atoms with E-state index in [2.05, 4.69) is 35.0 Å². The molecule has 0 bridgehead atoms. The van der Waals surface area contributed by atoms with Gasteiger partial charge >= 0.3 is 0 Å². The second-order valence-electron chi connectivity index (χ2n) is 3.95. The van der Waals surface area contributed by atoms with Crippen LogP contribution < -0.4 is 5.73 Å². The highest BCUT2D eigenvalue weighted by Crippen LogP contribution is 2.35. The molecule has 0 amide bonds. The molecule has 0 fully saturated rings. The maximum atomic E-state index is 6.17. The summed E-state index contributed by atoms with van der Waals surface area (Å²) in [5.41, 5.74) is 10.5. The van der Waals surface area contributed by atoms with Gasteiger partial charge in [0.25, 0.3) is 0 Å². The van der Waals surface area contributed by atoms with Gasteiger partial charge in [0.2, 0.25) is 0 Å². The summed E-state index contributed by atoms with van der Waals surface area (Å²) in [7, 11) is 0. The number of rotatable bonds is 1. The standard InChI is InChI=1S/C12H16BrN/c1-2-8-6-7-10(13)9-4-3-5-11(14)12(8)9/h6-7,11H,2-5,14H2,1H3. The van der Waals surface area contributed by atoms with Crippen LogP contribution in [0.1, 0.15) is 42.5 Å². The smallest absolute Gasteiger partial charge is 0.0300 e. The highest BCUT2D eigenvalue weighted by Gasteiger charge is 2.21. The molecule has 1 nitrogen and oxygen atoms in total. The molecule has 2 rings (SSSR count). The molecule has 0 saturated carbocycles. The van der Waals surface area contributed by atoms with Gasteiger partial charge in [-0.15, -0.1) is 0 Å². The molecule has 0 saturated heterocycles. The minimum absolute atomic E-state index is 0.256. The summed E-state index contributed by atoms with van der Waals surface area (Å²) in [6.07, 6.45) is 4.62. The molecule has 0 aliphatic heterocycles. The third kappa shape index (κ3) is 1.61. The zero-order chi connectivity index (χ0) is 10.1. The van der Waals surface area contributed by atoms with E-state index in [-0.39, 0.29) is 6.04 Å². The van der Waals surface area contributed by atoms with Gasteiger partial charge in [0.05, 0.1) is 0 Å². The number of hydrogen-bond acceptors (Lipinski definition) is 1. The predicted molar refractivity (Wildman–Crippen MR) is 63.4 cm³/mol. The van der Waals surface area contributed by atoms with Crippen LogP contribution in [0.4, 0.5) is 0 Å². The molecule has 0 aromatic heterocycles. The summed E-state index contributed by atoms with van der Waals surface area (Å²) in [5, 5.41) is 0. The van der Waals surface area contributed by atoms with E-state index in [9.17, 15) is 0 Å². The summed E-state index contributed by atoms with van der Waals surface area (Å²) in [4.78, 5) is 0. The highest BCUT2D eigenvalue weighted by atomic mass is 79.9. The molecule has 1 aromatic carbocycles. The fraction of sp³-hybridized carbons (Fsp3) is 0.500. The third-order valence-electron chi connectivity index (χ3n) is 3.08.